The summed E-state index contributed by atoms with van der Waals surface area (Å²) >= 11 is 0. The van der Waals surface area contributed by atoms with Crippen molar-refractivity contribution in [3.05, 3.63) is 35.5 Å². The van der Waals surface area contributed by atoms with Gasteiger partial charge in [-0.15, -0.1) is 0 Å². The summed E-state index contributed by atoms with van der Waals surface area (Å²) in [7, 11) is 0. The molecule has 0 aromatic rings. The minimum atomic E-state index is 0.704. The zero-order valence-corrected chi connectivity index (χ0v) is 4.89. The van der Waals surface area contributed by atoms with Crippen LogP contribution in [-0.4, -0.2) is 0 Å². The highest BCUT2D eigenvalue weighted by atomic mass is 14.2. The summed E-state index contributed by atoms with van der Waals surface area (Å²) in [6, 6.07) is 0. The number of hydrogen-bond acceptors (Lipinski definition) is 0. The van der Waals surface area contributed by atoms with E-state index in [1.54, 1.807) is 0 Å². The molecule has 0 N–H and O–H groups in total. The first-order valence-corrected chi connectivity index (χ1v) is 2.98. The lowest BCUT2D eigenvalue weighted by Gasteiger charge is -1.97. The third-order valence-electron chi connectivity index (χ3n) is 1.94. The maximum absolute atomic E-state index is 2.24. The molecule has 0 radical (unpaired) electrons. The molecule has 0 heterocycles. The van der Waals surface area contributed by atoms with Gasteiger partial charge in [-0.1, -0.05) is 31.2 Å². The van der Waals surface area contributed by atoms with Crippen LogP contribution in [0.4, 0.5) is 0 Å². The van der Waals surface area contributed by atoms with Crippen molar-refractivity contribution in [3.8, 4) is 0 Å². The molecule has 0 saturated heterocycles. The lowest BCUT2D eigenvalue weighted by atomic mass is 10.1. The van der Waals surface area contributed by atoms with Crippen molar-refractivity contribution in [2.45, 2.75) is 6.92 Å². The zero-order valence-electron chi connectivity index (χ0n) is 4.89. The van der Waals surface area contributed by atoms with Gasteiger partial charge in [-0.25, -0.2) is 0 Å². The van der Waals surface area contributed by atoms with Crippen molar-refractivity contribution < 1.29 is 0 Å². The highest BCUT2D eigenvalue weighted by molar-refractivity contribution is 5.52. The molecule has 0 nitrogen and oxygen atoms in total. The molecule has 0 fully saturated rings. The molecule has 0 atom stereocenters. The molecule has 40 valence electrons. The van der Waals surface area contributed by atoms with E-state index in [1.807, 2.05) is 0 Å². The minimum absolute atomic E-state index is 0.704. The molecule has 2 aliphatic rings. The van der Waals surface area contributed by atoms with E-state index in [0.717, 1.165) is 0 Å². The van der Waals surface area contributed by atoms with Crippen LogP contribution in [-0.2, 0) is 0 Å². The third kappa shape index (κ3) is 0.313. The van der Waals surface area contributed by atoms with Crippen molar-refractivity contribution in [1.82, 2.24) is 0 Å². The molecule has 0 heteroatoms. The summed E-state index contributed by atoms with van der Waals surface area (Å²) in [5.74, 6) is 0.704. The Bertz CT molecular complexity index is 182. The summed E-state index contributed by atoms with van der Waals surface area (Å²) in [5, 5.41) is 0. The Morgan fingerprint density at radius 3 is 1.75 bits per heavy atom. The molecule has 0 spiro atoms. The van der Waals surface area contributed by atoms with E-state index in [4.69, 9.17) is 0 Å². The van der Waals surface area contributed by atoms with Gasteiger partial charge in [0.2, 0.25) is 0 Å². The quantitative estimate of drug-likeness (QED) is 0.441. The van der Waals surface area contributed by atoms with Gasteiger partial charge in [-0.3, -0.25) is 0 Å². The Balaban J connectivity index is 2.57. The Morgan fingerprint density at radius 2 is 1.62 bits per heavy atom. The molecule has 0 saturated carbocycles. The standard InChI is InChI=1S/C8H8/c1-6-7-2-3-8(6)5-4-7/h2-6H,1H3. The molecule has 2 bridgehead atoms. The van der Waals surface area contributed by atoms with Gasteiger partial charge in [0.25, 0.3) is 0 Å². The second-order valence-electron chi connectivity index (χ2n) is 2.39. The van der Waals surface area contributed by atoms with E-state index in [1.165, 1.54) is 11.1 Å². The van der Waals surface area contributed by atoms with Crippen LogP contribution in [0.15, 0.2) is 35.5 Å². The fraction of sp³-hybridized carbons (Fsp3) is 0.250. The molecular formula is C8H8. The van der Waals surface area contributed by atoms with E-state index in [9.17, 15) is 0 Å². The highest BCUT2D eigenvalue weighted by Crippen LogP contribution is 2.33. The normalized spacial score (nSPS) is 24.1. The van der Waals surface area contributed by atoms with Crippen molar-refractivity contribution in [2.75, 3.05) is 0 Å². The number of rotatable bonds is 0. The summed E-state index contributed by atoms with van der Waals surface area (Å²) in [6.45, 7) is 2.24. The van der Waals surface area contributed by atoms with Gasteiger partial charge in [0, 0.05) is 5.92 Å². The molecule has 2 aliphatic carbocycles. The van der Waals surface area contributed by atoms with Crippen LogP contribution in [0.5, 0.6) is 0 Å². The average molecular weight is 104 g/mol. The Kier molecular flexibility index (Phi) is 0.587. The maximum Gasteiger partial charge on any atom is 0.00610 e. The lowest BCUT2D eigenvalue weighted by Crippen LogP contribution is -1.85. The average Bonchev–Trinajstić information content (AvgIpc) is 2.29. The zero-order chi connectivity index (χ0) is 5.56. The molecule has 0 amide bonds. The smallest absolute Gasteiger partial charge is 0.00610 e. The van der Waals surface area contributed by atoms with E-state index in [-0.39, 0.29) is 0 Å². The van der Waals surface area contributed by atoms with Gasteiger partial charge >= 0.3 is 0 Å². The van der Waals surface area contributed by atoms with Crippen molar-refractivity contribution >= 4 is 0 Å². The van der Waals surface area contributed by atoms with E-state index < -0.39 is 0 Å². The van der Waals surface area contributed by atoms with Gasteiger partial charge in [0.15, 0.2) is 0 Å². The fourth-order valence-electron chi connectivity index (χ4n) is 1.27. The van der Waals surface area contributed by atoms with Crippen LogP contribution in [0.1, 0.15) is 6.92 Å². The fourth-order valence-corrected chi connectivity index (χ4v) is 1.27. The lowest BCUT2D eigenvalue weighted by molar-refractivity contribution is 0.895. The van der Waals surface area contributed by atoms with Crippen LogP contribution in [0, 0.1) is 5.92 Å². The van der Waals surface area contributed by atoms with Crippen LogP contribution in [0.25, 0.3) is 0 Å². The van der Waals surface area contributed by atoms with Gasteiger partial charge < -0.3 is 0 Å². The molecule has 0 aromatic heterocycles. The van der Waals surface area contributed by atoms with Crippen molar-refractivity contribution in [3.63, 3.8) is 0 Å². The van der Waals surface area contributed by atoms with Crippen molar-refractivity contribution in [2.24, 2.45) is 5.92 Å². The molecular weight excluding hydrogens is 96.1 g/mol. The number of allylic oxidation sites excluding steroid dienone is 6. The maximum atomic E-state index is 2.24. The first-order valence-electron chi connectivity index (χ1n) is 2.98. The Morgan fingerprint density at radius 1 is 1.12 bits per heavy atom. The summed E-state index contributed by atoms with van der Waals surface area (Å²) in [4.78, 5) is 0. The Hall–Kier alpha value is -0.780. The van der Waals surface area contributed by atoms with E-state index in [2.05, 4.69) is 31.2 Å². The van der Waals surface area contributed by atoms with E-state index in [0.29, 0.717) is 5.92 Å². The predicted octanol–water partition coefficient (Wildman–Crippen LogP) is 2.06. The second-order valence-corrected chi connectivity index (χ2v) is 2.39. The van der Waals surface area contributed by atoms with Gasteiger partial charge in [0.1, 0.15) is 0 Å². The third-order valence-corrected chi connectivity index (χ3v) is 1.94. The summed E-state index contributed by atoms with van der Waals surface area (Å²) < 4.78 is 0. The first kappa shape index (κ1) is 4.13. The Labute approximate surface area is 49.2 Å². The molecule has 0 aliphatic heterocycles. The van der Waals surface area contributed by atoms with Crippen LogP contribution in [0.3, 0.4) is 0 Å². The first-order chi connectivity index (χ1) is 3.88. The van der Waals surface area contributed by atoms with Crippen LogP contribution in [0.2, 0.25) is 0 Å². The highest BCUT2D eigenvalue weighted by Gasteiger charge is 2.18. The monoisotopic (exact) mass is 104 g/mol. The van der Waals surface area contributed by atoms with Crippen LogP contribution >= 0.6 is 0 Å². The number of hydrogen-bond donors (Lipinski definition) is 0. The molecule has 0 aromatic carbocycles. The second kappa shape index (κ2) is 1.13. The van der Waals surface area contributed by atoms with Gasteiger partial charge in [-0.05, 0) is 11.1 Å². The van der Waals surface area contributed by atoms with E-state index >= 15 is 0 Å². The summed E-state index contributed by atoms with van der Waals surface area (Å²) in [5.41, 5.74) is 2.94. The van der Waals surface area contributed by atoms with Gasteiger partial charge in [0.05, 0.1) is 0 Å². The predicted molar refractivity (Wildman–Crippen MR) is 34.5 cm³/mol. The summed E-state index contributed by atoms with van der Waals surface area (Å²) in [6.07, 6.45) is 8.78. The minimum Gasteiger partial charge on any atom is -0.0581 e. The van der Waals surface area contributed by atoms with Crippen molar-refractivity contribution in [1.29, 1.82) is 0 Å². The molecule has 8 heavy (non-hydrogen) atoms. The molecule has 2 rings (SSSR count). The van der Waals surface area contributed by atoms with Crippen LogP contribution < -0.4 is 0 Å². The SMILES string of the molecule is CC1C2=CC=C1C=C2. The topological polar surface area (TPSA) is 0 Å². The number of fused-ring (bicyclic) bond motifs is 2. The van der Waals surface area contributed by atoms with Gasteiger partial charge in [-0.2, -0.15) is 0 Å². The largest absolute Gasteiger partial charge is 0.0581 e. The molecule has 0 unspecified atom stereocenters.